The van der Waals surface area contributed by atoms with Gasteiger partial charge in [-0.1, -0.05) is 55.1 Å². The van der Waals surface area contributed by atoms with Crippen molar-refractivity contribution in [2.24, 2.45) is 0 Å². The molecule has 0 aromatic heterocycles. The van der Waals surface area contributed by atoms with Crippen molar-refractivity contribution in [1.29, 1.82) is 0 Å². The van der Waals surface area contributed by atoms with Crippen molar-refractivity contribution >= 4 is 39.4 Å². The second kappa shape index (κ2) is 5.98. The fourth-order valence-corrected chi connectivity index (χ4v) is 6.17. The Morgan fingerprint density at radius 2 is 1.21 bits per heavy atom. The van der Waals surface area contributed by atoms with E-state index in [1.54, 1.807) is 18.9 Å². The SMILES string of the molecule is C=C(C)C(=O)N1SC2c3cc4ccccc4cc3C1c1cc3ccccc3cc12. The third-order valence-corrected chi connectivity index (χ3v) is 7.40. The van der Waals surface area contributed by atoms with Crippen molar-refractivity contribution in [2.75, 3.05) is 0 Å². The largest absolute Gasteiger partial charge is 0.270 e. The van der Waals surface area contributed by atoms with Crippen molar-refractivity contribution in [1.82, 2.24) is 4.31 Å². The maximum atomic E-state index is 13.0. The molecule has 0 radical (unpaired) electrons. The van der Waals surface area contributed by atoms with Gasteiger partial charge in [0.05, 0.1) is 11.3 Å². The van der Waals surface area contributed by atoms with E-state index in [-0.39, 0.29) is 17.2 Å². The average Bonchev–Trinajstić information content (AvgIpc) is 2.75. The molecule has 0 spiro atoms. The summed E-state index contributed by atoms with van der Waals surface area (Å²) in [6.07, 6.45) is 0. The van der Waals surface area contributed by atoms with E-state index in [0.29, 0.717) is 5.57 Å². The highest BCUT2D eigenvalue weighted by Crippen LogP contribution is 2.59. The zero-order valence-electron chi connectivity index (χ0n) is 16.1. The quantitative estimate of drug-likeness (QED) is 0.270. The van der Waals surface area contributed by atoms with Crippen LogP contribution in [-0.4, -0.2) is 10.2 Å². The van der Waals surface area contributed by atoms with Crippen LogP contribution in [-0.2, 0) is 4.79 Å². The lowest BCUT2D eigenvalue weighted by Gasteiger charge is -2.47. The van der Waals surface area contributed by atoms with Crippen molar-refractivity contribution < 1.29 is 4.79 Å². The van der Waals surface area contributed by atoms with Crippen LogP contribution in [0.1, 0.15) is 40.5 Å². The van der Waals surface area contributed by atoms with E-state index in [4.69, 9.17) is 0 Å². The van der Waals surface area contributed by atoms with Crippen LogP contribution in [0.5, 0.6) is 0 Å². The van der Waals surface area contributed by atoms with E-state index in [9.17, 15) is 4.79 Å². The van der Waals surface area contributed by atoms with Crippen LogP contribution in [0.15, 0.2) is 84.9 Å². The summed E-state index contributed by atoms with van der Waals surface area (Å²) in [6.45, 7) is 5.72. The number of nitrogens with zero attached hydrogens (tertiary/aromatic N) is 1. The first-order valence-electron chi connectivity index (χ1n) is 9.83. The second-order valence-electron chi connectivity index (χ2n) is 7.96. The standard InChI is InChI=1S/C26H19NOS/c1-15(2)26(28)27-24-20-11-16-7-3-5-9-18(16)13-22(20)25(29-27)23-14-19-10-6-4-8-17(19)12-21(23)24/h3-14,24-25H,1H2,2H3. The summed E-state index contributed by atoms with van der Waals surface area (Å²) in [7, 11) is 0. The van der Waals surface area contributed by atoms with E-state index in [1.165, 1.54) is 43.8 Å². The third-order valence-electron chi connectivity index (χ3n) is 6.08. The highest BCUT2D eigenvalue weighted by molar-refractivity contribution is 7.98. The predicted octanol–water partition coefficient (Wildman–Crippen LogP) is 6.55. The van der Waals surface area contributed by atoms with E-state index in [1.807, 2.05) is 4.31 Å². The van der Waals surface area contributed by atoms with Crippen molar-refractivity contribution in [2.45, 2.75) is 18.2 Å². The van der Waals surface area contributed by atoms with Crippen LogP contribution in [0.3, 0.4) is 0 Å². The van der Waals surface area contributed by atoms with Crippen LogP contribution in [0.2, 0.25) is 0 Å². The van der Waals surface area contributed by atoms with E-state index >= 15 is 0 Å². The highest BCUT2D eigenvalue weighted by Gasteiger charge is 2.45. The molecule has 7 rings (SSSR count). The van der Waals surface area contributed by atoms with Crippen LogP contribution in [0.4, 0.5) is 0 Å². The number of hydrogen-bond donors (Lipinski definition) is 0. The molecule has 0 saturated carbocycles. The van der Waals surface area contributed by atoms with Gasteiger partial charge in [0.2, 0.25) is 0 Å². The van der Waals surface area contributed by atoms with Crippen molar-refractivity contribution in [3.63, 3.8) is 0 Å². The molecule has 140 valence electrons. The van der Waals surface area contributed by atoms with Gasteiger partial charge in [0.1, 0.15) is 0 Å². The minimum atomic E-state index is -0.0894. The van der Waals surface area contributed by atoms with Gasteiger partial charge in [0.25, 0.3) is 5.91 Å². The van der Waals surface area contributed by atoms with Gasteiger partial charge in [0.15, 0.2) is 0 Å². The summed E-state index contributed by atoms with van der Waals surface area (Å²) >= 11 is 1.64. The van der Waals surface area contributed by atoms with Crippen molar-refractivity contribution in [3.05, 3.63) is 107 Å². The molecule has 2 aliphatic heterocycles. The average molecular weight is 394 g/mol. The van der Waals surface area contributed by atoms with Gasteiger partial charge in [-0.3, -0.25) is 9.10 Å². The lowest BCUT2D eigenvalue weighted by atomic mass is 9.79. The number of benzene rings is 4. The number of hydrogen-bond acceptors (Lipinski definition) is 2. The number of amides is 1. The monoisotopic (exact) mass is 393 g/mol. The lowest BCUT2D eigenvalue weighted by Crippen LogP contribution is -2.39. The van der Waals surface area contributed by atoms with Gasteiger partial charge in [-0.05, 0) is 86.9 Å². The fraction of sp³-hybridized carbons (Fsp3) is 0.115. The third kappa shape index (κ3) is 2.34. The summed E-state index contributed by atoms with van der Waals surface area (Å²) in [5, 5.41) is 5.05. The normalized spacial score (nSPS) is 19.3. The minimum absolute atomic E-state index is 0.0163. The number of rotatable bonds is 1. The molecule has 3 aliphatic rings. The Kier molecular flexibility index (Phi) is 3.48. The van der Waals surface area contributed by atoms with Gasteiger partial charge < -0.3 is 0 Å². The molecule has 2 bridgehead atoms. The predicted molar refractivity (Wildman–Crippen MR) is 121 cm³/mol. The first-order valence-corrected chi connectivity index (χ1v) is 10.7. The van der Waals surface area contributed by atoms with E-state index in [2.05, 4.69) is 79.4 Å². The van der Waals surface area contributed by atoms with Gasteiger partial charge in [0, 0.05) is 5.57 Å². The Hall–Kier alpha value is -3.04. The maximum Gasteiger partial charge on any atom is 0.259 e. The molecule has 4 aromatic carbocycles. The van der Waals surface area contributed by atoms with Crippen LogP contribution in [0.25, 0.3) is 21.5 Å². The van der Waals surface area contributed by atoms with E-state index < -0.39 is 0 Å². The van der Waals surface area contributed by atoms with Gasteiger partial charge in [-0.25, -0.2) is 0 Å². The topological polar surface area (TPSA) is 20.3 Å². The number of carbonyl (C=O) groups excluding carboxylic acids is 1. The Labute approximate surface area is 174 Å². The molecule has 4 aromatic rings. The Bertz CT molecular complexity index is 1270. The Morgan fingerprint density at radius 1 is 0.793 bits per heavy atom. The molecule has 0 saturated heterocycles. The molecule has 3 heteroatoms. The van der Waals surface area contributed by atoms with E-state index in [0.717, 1.165) is 0 Å². The fourth-order valence-electron chi connectivity index (χ4n) is 4.71. The second-order valence-corrected chi connectivity index (χ2v) is 9.03. The summed E-state index contributed by atoms with van der Waals surface area (Å²) < 4.78 is 1.95. The first-order chi connectivity index (χ1) is 14.1. The zero-order valence-corrected chi connectivity index (χ0v) is 16.9. The number of fused-ring (bicyclic) bond motifs is 3. The molecule has 0 fully saturated rings. The molecule has 1 aliphatic carbocycles. The maximum absolute atomic E-state index is 13.0. The minimum Gasteiger partial charge on any atom is -0.270 e. The molecule has 29 heavy (non-hydrogen) atoms. The van der Waals surface area contributed by atoms with Gasteiger partial charge in [-0.15, -0.1) is 0 Å². The Balaban J connectivity index is 1.66. The summed E-state index contributed by atoms with van der Waals surface area (Å²) in [5.74, 6) is 0.0163. The van der Waals surface area contributed by atoms with Gasteiger partial charge >= 0.3 is 0 Å². The molecule has 0 atom stereocenters. The van der Waals surface area contributed by atoms with Crippen LogP contribution >= 0.6 is 11.9 Å². The lowest BCUT2D eigenvalue weighted by molar-refractivity contribution is -0.123. The molecule has 1 amide bonds. The van der Waals surface area contributed by atoms with Crippen LogP contribution in [0, 0.1) is 0 Å². The molecular formula is C26H19NOS. The molecule has 2 nitrogen and oxygen atoms in total. The summed E-state index contributed by atoms with van der Waals surface area (Å²) in [5.41, 5.74) is 5.71. The van der Waals surface area contributed by atoms with Crippen LogP contribution < -0.4 is 0 Å². The van der Waals surface area contributed by atoms with Gasteiger partial charge in [-0.2, -0.15) is 0 Å². The molecule has 0 N–H and O–H groups in total. The van der Waals surface area contributed by atoms with Crippen molar-refractivity contribution in [3.8, 4) is 0 Å². The number of carbonyl (C=O) groups is 1. The molecular weight excluding hydrogens is 374 g/mol. The molecule has 0 unspecified atom stereocenters. The highest BCUT2D eigenvalue weighted by atomic mass is 32.2. The zero-order chi connectivity index (χ0) is 19.7. The first kappa shape index (κ1) is 16.9. The summed E-state index contributed by atoms with van der Waals surface area (Å²) in [4.78, 5) is 13.0. The Morgan fingerprint density at radius 3 is 1.62 bits per heavy atom. The summed E-state index contributed by atoms with van der Waals surface area (Å²) in [6, 6.07) is 26.0. The smallest absolute Gasteiger partial charge is 0.259 e. The molecule has 2 heterocycles.